The van der Waals surface area contributed by atoms with Crippen LogP contribution in [0.2, 0.25) is 5.02 Å². The molecule has 3 atom stereocenters. The highest BCUT2D eigenvalue weighted by Gasteiger charge is 2.53. The monoisotopic (exact) mass is 593 g/mol. The number of aliphatic carboxylic acids is 1. The summed E-state index contributed by atoms with van der Waals surface area (Å²) in [5.74, 6) is -1.60. The Hall–Kier alpha value is -3.28. The van der Waals surface area contributed by atoms with Gasteiger partial charge in [0.15, 0.2) is 0 Å². The number of carboxylic acids is 1. The summed E-state index contributed by atoms with van der Waals surface area (Å²) in [6.07, 6.45) is 0.594. The van der Waals surface area contributed by atoms with Crippen LogP contribution in [0.25, 0.3) is 0 Å². The first-order valence-corrected chi connectivity index (χ1v) is 14.4. The number of alkyl halides is 2. The molecule has 1 saturated heterocycles. The standard InChI is InChI=1S/C28H34ClF2N5O5/c1-3-28(27(39)40)11-4-6-17(28)26(38)36-13-10-16-18(29)8-9-21(23(16)20(36)14-35-12-5-7-22(35)37)41-15-19-24(25(30)31)34(2)33-32-19/h8-9,17,20,25H,3-7,10-15H2,1-2H3,(H,39,40)/t17-,20+,28-/m0/s1. The maximum absolute atomic E-state index is 14.2. The molecule has 222 valence electrons. The van der Waals surface area contributed by atoms with Gasteiger partial charge in [0.05, 0.1) is 17.4 Å². The van der Waals surface area contributed by atoms with E-state index in [1.165, 1.54) is 7.05 Å². The first kappa shape index (κ1) is 29.2. The van der Waals surface area contributed by atoms with E-state index in [4.69, 9.17) is 16.3 Å². The summed E-state index contributed by atoms with van der Waals surface area (Å²) in [5, 5.41) is 18.2. The first-order chi connectivity index (χ1) is 19.6. The predicted molar refractivity (Wildman–Crippen MR) is 143 cm³/mol. The number of hydrogen-bond donors (Lipinski definition) is 1. The Morgan fingerprint density at radius 1 is 1.24 bits per heavy atom. The summed E-state index contributed by atoms with van der Waals surface area (Å²) in [6, 6.07) is 2.65. The molecule has 0 bridgehead atoms. The zero-order valence-corrected chi connectivity index (χ0v) is 23.9. The van der Waals surface area contributed by atoms with Crippen LogP contribution < -0.4 is 4.74 Å². The van der Waals surface area contributed by atoms with Crippen molar-refractivity contribution in [2.75, 3.05) is 19.6 Å². The van der Waals surface area contributed by atoms with E-state index in [1.807, 2.05) is 0 Å². The minimum absolute atomic E-state index is 0.0126. The van der Waals surface area contributed by atoms with E-state index in [-0.39, 0.29) is 36.4 Å². The Morgan fingerprint density at radius 2 is 2.02 bits per heavy atom. The van der Waals surface area contributed by atoms with Crippen molar-refractivity contribution in [3.63, 3.8) is 0 Å². The van der Waals surface area contributed by atoms with Crippen molar-refractivity contribution in [1.29, 1.82) is 0 Å². The lowest BCUT2D eigenvalue weighted by molar-refractivity contribution is -0.159. The van der Waals surface area contributed by atoms with E-state index in [1.54, 1.807) is 28.9 Å². The average Bonchev–Trinajstić information content (AvgIpc) is 3.66. The molecular formula is C28H34ClF2N5O5. The maximum Gasteiger partial charge on any atom is 0.310 e. The van der Waals surface area contributed by atoms with Crippen LogP contribution in [-0.4, -0.2) is 67.3 Å². The topological polar surface area (TPSA) is 118 Å². The quantitative estimate of drug-likeness (QED) is 0.460. The van der Waals surface area contributed by atoms with Crippen molar-refractivity contribution in [2.24, 2.45) is 18.4 Å². The smallest absolute Gasteiger partial charge is 0.310 e. The van der Waals surface area contributed by atoms with Crippen LogP contribution in [0, 0.1) is 11.3 Å². The number of ether oxygens (including phenoxy) is 1. The van der Waals surface area contributed by atoms with Crippen LogP contribution in [0.5, 0.6) is 5.75 Å². The second kappa shape index (κ2) is 11.5. The van der Waals surface area contributed by atoms with Gasteiger partial charge in [-0.05, 0) is 49.8 Å². The lowest BCUT2D eigenvalue weighted by Gasteiger charge is -2.43. The van der Waals surface area contributed by atoms with Crippen molar-refractivity contribution in [3.05, 3.63) is 39.7 Å². The van der Waals surface area contributed by atoms with Gasteiger partial charge in [-0.15, -0.1) is 5.10 Å². The van der Waals surface area contributed by atoms with Crippen LogP contribution >= 0.6 is 11.6 Å². The van der Waals surface area contributed by atoms with Gasteiger partial charge in [-0.25, -0.2) is 13.5 Å². The number of carbonyl (C=O) groups excluding carboxylic acids is 2. The van der Waals surface area contributed by atoms with Gasteiger partial charge in [-0.2, -0.15) is 0 Å². The number of amides is 2. The second-order valence-corrected chi connectivity index (χ2v) is 11.5. The number of benzene rings is 1. The fourth-order valence-electron chi connectivity index (χ4n) is 6.85. The van der Waals surface area contributed by atoms with Crippen molar-refractivity contribution in [2.45, 2.75) is 70.9 Å². The van der Waals surface area contributed by atoms with Crippen molar-refractivity contribution in [3.8, 4) is 5.75 Å². The fraction of sp³-hybridized carbons (Fsp3) is 0.607. The maximum atomic E-state index is 14.2. The Kier molecular flexibility index (Phi) is 8.22. The van der Waals surface area contributed by atoms with Crippen LogP contribution in [0.3, 0.4) is 0 Å². The van der Waals surface area contributed by atoms with E-state index in [0.29, 0.717) is 74.4 Å². The van der Waals surface area contributed by atoms with Crippen molar-refractivity contribution in [1.82, 2.24) is 24.8 Å². The van der Waals surface area contributed by atoms with Crippen LogP contribution in [-0.2, 0) is 34.5 Å². The summed E-state index contributed by atoms with van der Waals surface area (Å²) in [4.78, 5) is 42.8. The lowest BCUT2D eigenvalue weighted by atomic mass is 9.74. The van der Waals surface area contributed by atoms with E-state index in [0.717, 1.165) is 10.2 Å². The highest BCUT2D eigenvalue weighted by molar-refractivity contribution is 6.31. The summed E-state index contributed by atoms with van der Waals surface area (Å²) in [6.45, 7) is 2.55. The zero-order chi connectivity index (χ0) is 29.5. The molecule has 1 aliphatic carbocycles. The number of aromatic nitrogens is 3. The molecule has 5 rings (SSSR count). The highest BCUT2D eigenvalue weighted by atomic mass is 35.5. The SMILES string of the molecule is CC[C@]1(C(=O)O)CCC[C@H]1C(=O)N1CCc2c(Cl)ccc(OCc3nnn(C)c3C(F)F)c2[C@H]1CN1CCCC1=O. The molecule has 2 aromatic rings. The van der Waals surface area contributed by atoms with E-state index in [9.17, 15) is 28.3 Å². The van der Waals surface area contributed by atoms with Crippen LogP contribution in [0.15, 0.2) is 12.1 Å². The third-order valence-corrected chi connectivity index (χ3v) is 9.43. The van der Waals surface area contributed by atoms with Gasteiger partial charge in [-0.3, -0.25) is 14.4 Å². The van der Waals surface area contributed by atoms with Gasteiger partial charge < -0.3 is 19.6 Å². The summed E-state index contributed by atoms with van der Waals surface area (Å²) < 4.78 is 34.4. The largest absolute Gasteiger partial charge is 0.487 e. The van der Waals surface area contributed by atoms with Crippen LogP contribution in [0.4, 0.5) is 8.78 Å². The number of halogens is 3. The summed E-state index contributed by atoms with van der Waals surface area (Å²) in [7, 11) is 1.38. The first-order valence-electron chi connectivity index (χ1n) is 14.0. The molecule has 1 N–H and O–H groups in total. The molecule has 0 radical (unpaired) electrons. The van der Waals surface area contributed by atoms with Gasteiger partial charge in [-0.1, -0.05) is 30.2 Å². The predicted octanol–water partition coefficient (Wildman–Crippen LogP) is 4.31. The van der Waals surface area contributed by atoms with Gasteiger partial charge in [0.25, 0.3) is 6.43 Å². The van der Waals surface area contributed by atoms with Crippen molar-refractivity contribution < 1.29 is 33.0 Å². The van der Waals surface area contributed by atoms with Gasteiger partial charge in [0.2, 0.25) is 11.8 Å². The average molecular weight is 594 g/mol. The third-order valence-electron chi connectivity index (χ3n) is 9.07. The molecule has 2 aliphatic heterocycles. The molecule has 1 aromatic carbocycles. The lowest BCUT2D eigenvalue weighted by Crippen LogP contribution is -2.51. The Labute approximate surface area is 241 Å². The molecule has 0 unspecified atom stereocenters. The number of hydrogen-bond acceptors (Lipinski definition) is 6. The summed E-state index contributed by atoms with van der Waals surface area (Å²) in [5.41, 5.74) is -0.147. The fourth-order valence-corrected chi connectivity index (χ4v) is 7.11. The minimum atomic E-state index is -2.80. The molecule has 2 amide bonds. The van der Waals surface area contributed by atoms with Crippen LogP contribution in [0.1, 0.15) is 80.4 Å². The van der Waals surface area contributed by atoms with Gasteiger partial charge in [0, 0.05) is 43.7 Å². The molecule has 13 heteroatoms. The number of carbonyl (C=O) groups is 3. The van der Waals surface area contributed by atoms with Crippen molar-refractivity contribution >= 4 is 29.4 Å². The Bertz CT molecular complexity index is 1350. The number of likely N-dealkylation sites (tertiary alicyclic amines) is 1. The van der Waals surface area contributed by atoms with E-state index < -0.39 is 29.8 Å². The Balaban J connectivity index is 1.54. The van der Waals surface area contributed by atoms with Gasteiger partial charge in [0.1, 0.15) is 23.7 Å². The minimum Gasteiger partial charge on any atom is -0.487 e. The van der Waals surface area contributed by atoms with E-state index >= 15 is 0 Å². The number of fused-ring (bicyclic) bond motifs is 1. The number of rotatable bonds is 9. The Morgan fingerprint density at radius 3 is 2.68 bits per heavy atom. The van der Waals surface area contributed by atoms with Gasteiger partial charge >= 0.3 is 5.97 Å². The zero-order valence-electron chi connectivity index (χ0n) is 23.1. The highest BCUT2D eigenvalue weighted by Crippen LogP contribution is 2.49. The molecule has 2 fully saturated rings. The molecule has 10 nitrogen and oxygen atoms in total. The normalized spacial score (nSPS) is 24.3. The molecule has 0 spiro atoms. The third kappa shape index (κ3) is 5.15. The van der Waals surface area contributed by atoms with E-state index in [2.05, 4.69) is 10.3 Å². The molecule has 41 heavy (non-hydrogen) atoms. The number of nitrogens with zero attached hydrogens (tertiary/aromatic N) is 5. The molecular weight excluding hydrogens is 560 g/mol. The molecule has 1 saturated carbocycles. The number of aryl methyl sites for hydroxylation is 1. The number of carboxylic acid groups (broad SMARTS) is 1. The molecule has 3 heterocycles. The summed E-state index contributed by atoms with van der Waals surface area (Å²) >= 11 is 6.63. The molecule has 1 aromatic heterocycles. The second-order valence-electron chi connectivity index (χ2n) is 11.1. The molecule has 3 aliphatic rings.